The van der Waals surface area contributed by atoms with E-state index >= 15 is 0 Å². The molecule has 0 bridgehead atoms. The van der Waals surface area contributed by atoms with Crippen LogP contribution in [-0.4, -0.2) is 41.7 Å². The van der Waals surface area contributed by atoms with Gasteiger partial charge in [-0.15, -0.1) is 0 Å². The molecule has 2 N–H and O–H groups in total. The molecule has 0 aromatic heterocycles. The van der Waals surface area contributed by atoms with E-state index < -0.39 is 11.9 Å². The van der Waals surface area contributed by atoms with E-state index in [0.29, 0.717) is 31.7 Å². The van der Waals surface area contributed by atoms with Crippen molar-refractivity contribution in [3.05, 3.63) is 24.3 Å². The average molecular weight is 292 g/mol. The van der Waals surface area contributed by atoms with Crippen LogP contribution in [-0.2, 0) is 4.79 Å². The number of rotatable bonds is 4. The number of carboxylic acids is 1. The Bertz CT molecular complexity index is 501. The second-order valence-corrected chi connectivity index (χ2v) is 5.01. The van der Waals surface area contributed by atoms with E-state index in [2.05, 4.69) is 5.32 Å². The largest absolute Gasteiger partial charge is 0.494 e. The molecule has 1 aromatic carbocycles. The van der Waals surface area contributed by atoms with Crippen LogP contribution in [0.2, 0.25) is 0 Å². The van der Waals surface area contributed by atoms with Crippen LogP contribution >= 0.6 is 0 Å². The summed E-state index contributed by atoms with van der Waals surface area (Å²) in [6.45, 7) is 3.35. The first-order valence-electron chi connectivity index (χ1n) is 7.11. The van der Waals surface area contributed by atoms with E-state index in [4.69, 9.17) is 9.84 Å². The number of anilines is 1. The van der Waals surface area contributed by atoms with E-state index in [1.165, 1.54) is 0 Å². The van der Waals surface area contributed by atoms with Gasteiger partial charge in [-0.3, -0.25) is 4.79 Å². The monoisotopic (exact) mass is 292 g/mol. The molecule has 0 unspecified atom stereocenters. The number of ether oxygens (including phenoxy) is 1. The Morgan fingerprint density at radius 3 is 2.71 bits per heavy atom. The van der Waals surface area contributed by atoms with Gasteiger partial charge in [-0.2, -0.15) is 0 Å². The first-order chi connectivity index (χ1) is 10.1. The van der Waals surface area contributed by atoms with Crippen LogP contribution in [0.25, 0.3) is 0 Å². The molecule has 0 saturated carbocycles. The minimum atomic E-state index is -0.839. The number of nitrogens with one attached hydrogen (secondary N) is 1. The number of piperidine rings is 1. The summed E-state index contributed by atoms with van der Waals surface area (Å²) in [7, 11) is 0. The molecule has 114 valence electrons. The molecule has 1 aromatic rings. The molecule has 6 heteroatoms. The average Bonchev–Trinajstić information content (AvgIpc) is 2.49. The van der Waals surface area contributed by atoms with Crippen molar-refractivity contribution >= 4 is 17.7 Å². The fourth-order valence-corrected chi connectivity index (χ4v) is 2.37. The van der Waals surface area contributed by atoms with Crippen LogP contribution in [0.1, 0.15) is 19.8 Å². The number of nitrogens with zero attached hydrogens (tertiary/aromatic N) is 1. The Labute approximate surface area is 123 Å². The summed E-state index contributed by atoms with van der Waals surface area (Å²) in [5.74, 6) is -0.558. The summed E-state index contributed by atoms with van der Waals surface area (Å²) in [6.07, 6.45) is 1.34. The Morgan fingerprint density at radius 1 is 1.38 bits per heavy atom. The molecule has 0 aliphatic carbocycles. The number of likely N-dealkylation sites (tertiary alicyclic amines) is 1. The fraction of sp³-hybridized carbons (Fsp3) is 0.467. The van der Waals surface area contributed by atoms with Gasteiger partial charge in [0, 0.05) is 18.8 Å². The van der Waals surface area contributed by atoms with Crippen LogP contribution in [0.3, 0.4) is 0 Å². The number of carbonyl (C=O) groups excluding carboxylic acids is 1. The number of hydrogen-bond donors (Lipinski definition) is 2. The highest BCUT2D eigenvalue weighted by atomic mass is 16.5. The number of carboxylic acid groups (broad SMARTS) is 1. The van der Waals surface area contributed by atoms with Gasteiger partial charge in [0.05, 0.1) is 12.5 Å². The summed E-state index contributed by atoms with van der Waals surface area (Å²) in [4.78, 5) is 24.7. The fourth-order valence-electron chi connectivity index (χ4n) is 2.37. The smallest absolute Gasteiger partial charge is 0.321 e. The number of benzene rings is 1. The Kier molecular flexibility index (Phi) is 5.03. The third-order valence-corrected chi connectivity index (χ3v) is 3.47. The van der Waals surface area contributed by atoms with Crippen LogP contribution in [0.4, 0.5) is 10.5 Å². The highest BCUT2D eigenvalue weighted by Gasteiger charge is 2.28. The lowest BCUT2D eigenvalue weighted by Crippen LogP contribution is -2.44. The first kappa shape index (κ1) is 15.2. The van der Waals surface area contributed by atoms with Gasteiger partial charge in [0.25, 0.3) is 0 Å². The molecule has 2 amide bonds. The van der Waals surface area contributed by atoms with E-state index in [1.807, 2.05) is 6.92 Å². The summed E-state index contributed by atoms with van der Waals surface area (Å²) in [5.41, 5.74) is 0.668. The molecule has 21 heavy (non-hydrogen) atoms. The molecule has 1 aliphatic heterocycles. The van der Waals surface area contributed by atoms with Gasteiger partial charge in [0.1, 0.15) is 5.75 Å². The third-order valence-electron chi connectivity index (χ3n) is 3.47. The second kappa shape index (κ2) is 6.97. The molecule has 6 nitrogen and oxygen atoms in total. The van der Waals surface area contributed by atoms with Crippen molar-refractivity contribution in [2.45, 2.75) is 19.8 Å². The standard InChI is InChI=1S/C15H20N2O4/c1-2-21-13-7-5-12(6-8-13)16-15(20)17-9-3-4-11(10-17)14(18)19/h5-8,11H,2-4,9-10H2,1H3,(H,16,20)(H,18,19)/t11-/m1/s1. The predicted octanol–water partition coefficient (Wildman–Crippen LogP) is 2.41. The zero-order valence-electron chi connectivity index (χ0n) is 12.0. The zero-order valence-corrected chi connectivity index (χ0v) is 12.0. The summed E-state index contributed by atoms with van der Waals surface area (Å²) >= 11 is 0. The van der Waals surface area contributed by atoms with Gasteiger partial charge in [0.2, 0.25) is 0 Å². The van der Waals surface area contributed by atoms with Crippen LogP contribution < -0.4 is 10.1 Å². The minimum Gasteiger partial charge on any atom is -0.494 e. The number of hydrogen-bond acceptors (Lipinski definition) is 3. The highest BCUT2D eigenvalue weighted by Crippen LogP contribution is 2.19. The Morgan fingerprint density at radius 2 is 2.10 bits per heavy atom. The van der Waals surface area contributed by atoms with Gasteiger partial charge in [-0.25, -0.2) is 4.79 Å². The normalized spacial score (nSPS) is 18.1. The van der Waals surface area contributed by atoms with Gasteiger partial charge in [-0.1, -0.05) is 0 Å². The SMILES string of the molecule is CCOc1ccc(NC(=O)N2CCC[C@@H](C(=O)O)C2)cc1. The van der Waals surface area contributed by atoms with E-state index in [1.54, 1.807) is 29.2 Å². The van der Waals surface area contributed by atoms with Crippen LogP contribution in [0.15, 0.2) is 24.3 Å². The maximum atomic E-state index is 12.1. The summed E-state index contributed by atoms with van der Waals surface area (Å²) in [5, 5.41) is 11.8. The van der Waals surface area contributed by atoms with E-state index in [9.17, 15) is 9.59 Å². The van der Waals surface area contributed by atoms with Crippen molar-refractivity contribution in [3.8, 4) is 5.75 Å². The summed E-state index contributed by atoms with van der Waals surface area (Å²) in [6, 6.07) is 6.85. The first-order valence-corrected chi connectivity index (χ1v) is 7.11. The highest BCUT2D eigenvalue weighted by molar-refractivity contribution is 5.89. The maximum Gasteiger partial charge on any atom is 0.321 e. The lowest BCUT2D eigenvalue weighted by atomic mass is 9.99. The molecule has 1 heterocycles. The Hall–Kier alpha value is -2.24. The molecule has 1 saturated heterocycles. The Balaban J connectivity index is 1.92. The van der Waals surface area contributed by atoms with Gasteiger partial charge in [0.15, 0.2) is 0 Å². The molecule has 0 radical (unpaired) electrons. The molecule has 0 spiro atoms. The lowest BCUT2D eigenvalue weighted by Gasteiger charge is -2.30. The van der Waals surface area contributed by atoms with Gasteiger partial charge < -0.3 is 20.1 Å². The predicted molar refractivity (Wildman–Crippen MR) is 78.6 cm³/mol. The number of amides is 2. The zero-order chi connectivity index (χ0) is 15.2. The molecule has 1 aliphatic rings. The van der Waals surface area contributed by atoms with Crippen molar-refractivity contribution in [2.75, 3.05) is 25.0 Å². The third kappa shape index (κ3) is 4.11. The molecular weight excluding hydrogens is 272 g/mol. The molecular formula is C15H20N2O4. The summed E-state index contributed by atoms with van der Waals surface area (Å²) < 4.78 is 5.33. The van der Waals surface area contributed by atoms with Crippen molar-refractivity contribution in [2.24, 2.45) is 5.92 Å². The number of aliphatic carboxylic acids is 1. The maximum absolute atomic E-state index is 12.1. The minimum absolute atomic E-state index is 0.259. The lowest BCUT2D eigenvalue weighted by molar-refractivity contribution is -0.143. The van der Waals surface area contributed by atoms with Crippen molar-refractivity contribution < 1.29 is 19.4 Å². The molecule has 1 atom stereocenters. The van der Waals surface area contributed by atoms with Gasteiger partial charge >= 0.3 is 12.0 Å². The van der Waals surface area contributed by atoms with Crippen molar-refractivity contribution in [3.63, 3.8) is 0 Å². The van der Waals surface area contributed by atoms with Gasteiger partial charge in [-0.05, 0) is 44.0 Å². The van der Waals surface area contributed by atoms with E-state index in [-0.39, 0.29) is 12.6 Å². The van der Waals surface area contributed by atoms with E-state index in [0.717, 1.165) is 5.75 Å². The van der Waals surface area contributed by atoms with Crippen molar-refractivity contribution in [1.82, 2.24) is 4.90 Å². The molecule has 1 fully saturated rings. The number of urea groups is 1. The van der Waals surface area contributed by atoms with Crippen LogP contribution in [0, 0.1) is 5.92 Å². The van der Waals surface area contributed by atoms with Crippen LogP contribution in [0.5, 0.6) is 5.75 Å². The quantitative estimate of drug-likeness (QED) is 0.893. The second-order valence-electron chi connectivity index (χ2n) is 5.01. The number of carbonyl (C=O) groups is 2. The molecule has 2 rings (SSSR count). The van der Waals surface area contributed by atoms with Crippen molar-refractivity contribution in [1.29, 1.82) is 0 Å². The topological polar surface area (TPSA) is 78.9 Å².